The first-order valence-corrected chi connectivity index (χ1v) is 10.2. The fourth-order valence-electron chi connectivity index (χ4n) is 2.83. The Bertz CT molecular complexity index is 777. The lowest BCUT2D eigenvalue weighted by Crippen LogP contribution is -2.44. The van der Waals surface area contributed by atoms with Crippen LogP contribution in [-0.4, -0.2) is 50.7 Å². The van der Waals surface area contributed by atoms with E-state index in [1.807, 2.05) is 26.1 Å². The maximum Gasteiger partial charge on any atom is 0.193 e. The first-order chi connectivity index (χ1) is 13.3. The molecule has 1 heterocycles. The predicted molar refractivity (Wildman–Crippen MR) is 132 cm³/mol. The number of methoxy groups -OCH3 is 2. The maximum atomic E-state index is 5.35. The molecule has 0 aliphatic carbocycles. The molecule has 0 saturated carbocycles. The summed E-state index contributed by atoms with van der Waals surface area (Å²) in [6.45, 7) is 7.89. The van der Waals surface area contributed by atoms with Crippen LogP contribution in [0, 0.1) is 0 Å². The van der Waals surface area contributed by atoms with E-state index < -0.39 is 0 Å². The third-order valence-corrected chi connectivity index (χ3v) is 5.86. The normalized spacial score (nSPS) is 12.9. The number of nitrogens with zero attached hydrogens (tertiary/aromatic N) is 3. The van der Waals surface area contributed by atoms with E-state index in [0.717, 1.165) is 29.0 Å². The number of aromatic nitrogens is 1. The van der Waals surface area contributed by atoms with Crippen molar-refractivity contribution in [2.45, 2.75) is 38.8 Å². The number of thiazole rings is 1. The number of ether oxygens (including phenoxy) is 2. The number of hydrogen-bond acceptors (Lipinski definition) is 5. The quantitative estimate of drug-likeness (QED) is 0.309. The summed E-state index contributed by atoms with van der Waals surface area (Å²) >= 11 is 1.63. The standard InChI is InChI=1S/C21H32N4O2S.HI/c1-15(26-6)19-24-17(13-28-19)12-25(5)20(22-4)23-14-21(2,3)16-8-10-18(27-7)11-9-16;/h8-11,13,15H,12,14H2,1-7H3,(H,22,23);1H. The summed E-state index contributed by atoms with van der Waals surface area (Å²) < 4.78 is 10.6. The fraction of sp³-hybridized carbons (Fsp3) is 0.524. The average molecular weight is 532 g/mol. The Labute approximate surface area is 195 Å². The zero-order valence-corrected chi connectivity index (χ0v) is 21.5. The van der Waals surface area contributed by atoms with Crippen LogP contribution in [0.25, 0.3) is 0 Å². The summed E-state index contributed by atoms with van der Waals surface area (Å²) in [6, 6.07) is 8.22. The molecule has 0 radical (unpaired) electrons. The van der Waals surface area contributed by atoms with Gasteiger partial charge in [-0.3, -0.25) is 4.99 Å². The van der Waals surface area contributed by atoms with Crippen molar-refractivity contribution < 1.29 is 9.47 Å². The third-order valence-electron chi connectivity index (χ3n) is 4.80. The number of benzene rings is 1. The van der Waals surface area contributed by atoms with Gasteiger partial charge in [0.2, 0.25) is 0 Å². The van der Waals surface area contributed by atoms with E-state index in [9.17, 15) is 0 Å². The molecule has 1 N–H and O–H groups in total. The van der Waals surface area contributed by atoms with Crippen molar-refractivity contribution in [1.29, 1.82) is 0 Å². The highest BCUT2D eigenvalue weighted by Crippen LogP contribution is 2.25. The minimum atomic E-state index is -0.0508. The van der Waals surface area contributed by atoms with Crippen molar-refractivity contribution in [1.82, 2.24) is 15.2 Å². The molecule has 0 aliphatic rings. The van der Waals surface area contributed by atoms with Crippen molar-refractivity contribution >= 4 is 41.3 Å². The summed E-state index contributed by atoms with van der Waals surface area (Å²) in [6.07, 6.45) is 0.0202. The highest BCUT2D eigenvalue weighted by Gasteiger charge is 2.22. The number of rotatable bonds is 8. The molecule has 6 nitrogen and oxygen atoms in total. The van der Waals surface area contributed by atoms with E-state index in [2.05, 4.69) is 51.6 Å². The smallest absolute Gasteiger partial charge is 0.193 e. The van der Waals surface area contributed by atoms with E-state index in [1.165, 1.54) is 5.56 Å². The number of halogens is 1. The summed E-state index contributed by atoms with van der Waals surface area (Å²) in [7, 11) is 7.21. The minimum Gasteiger partial charge on any atom is -0.497 e. The Kier molecular flexibility index (Phi) is 10.4. The van der Waals surface area contributed by atoms with Gasteiger partial charge in [0, 0.05) is 38.5 Å². The van der Waals surface area contributed by atoms with Crippen LogP contribution < -0.4 is 10.1 Å². The Balaban J connectivity index is 0.00000420. The second kappa shape index (κ2) is 11.7. The van der Waals surface area contributed by atoms with Crippen molar-refractivity contribution in [3.8, 4) is 5.75 Å². The largest absolute Gasteiger partial charge is 0.497 e. The maximum absolute atomic E-state index is 5.35. The Hall–Kier alpha value is -1.39. The lowest BCUT2D eigenvalue weighted by molar-refractivity contribution is 0.119. The molecule has 0 saturated heterocycles. The van der Waals surface area contributed by atoms with Crippen molar-refractivity contribution in [2.24, 2.45) is 4.99 Å². The topological polar surface area (TPSA) is 59.0 Å². The molecular formula is C21H33IN4O2S. The van der Waals surface area contributed by atoms with Crippen LogP contribution in [0.2, 0.25) is 0 Å². The Morgan fingerprint density at radius 3 is 2.48 bits per heavy atom. The van der Waals surface area contributed by atoms with E-state index in [-0.39, 0.29) is 35.5 Å². The molecule has 29 heavy (non-hydrogen) atoms. The van der Waals surface area contributed by atoms with Crippen LogP contribution in [-0.2, 0) is 16.7 Å². The molecule has 1 aromatic carbocycles. The van der Waals surface area contributed by atoms with E-state index >= 15 is 0 Å². The molecule has 0 spiro atoms. The molecule has 0 fully saturated rings. The van der Waals surface area contributed by atoms with Gasteiger partial charge in [-0.15, -0.1) is 35.3 Å². The first-order valence-electron chi connectivity index (χ1n) is 9.34. The molecule has 1 aromatic heterocycles. The lowest BCUT2D eigenvalue weighted by Gasteiger charge is -2.29. The highest BCUT2D eigenvalue weighted by molar-refractivity contribution is 14.0. The molecule has 8 heteroatoms. The summed E-state index contributed by atoms with van der Waals surface area (Å²) in [5, 5.41) is 6.57. The van der Waals surface area contributed by atoms with Gasteiger partial charge >= 0.3 is 0 Å². The van der Waals surface area contributed by atoms with Gasteiger partial charge in [-0.05, 0) is 24.6 Å². The first kappa shape index (κ1) is 25.6. The fourth-order valence-corrected chi connectivity index (χ4v) is 3.67. The molecule has 1 atom stereocenters. The monoisotopic (exact) mass is 532 g/mol. The van der Waals surface area contributed by atoms with Gasteiger partial charge in [-0.25, -0.2) is 4.98 Å². The second-order valence-electron chi connectivity index (χ2n) is 7.42. The van der Waals surface area contributed by atoms with Crippen LogP contribution in [0.1, 0.15) is 43.1 Å². The van der Waals surface area contributed by atoms with Crippen LogP contribution in [0.3, 0.4) is 0 Å². The molecule has 0 bridgehead atoms. The Morgan fingerprint density at radius 2 is 1.93 bits per heavy atom. The van der Waals surface area contributed by atoms with Gasteiger partial charge in [-0.2, -0.15) is 0 Å². The van der Waals surface area contributed by atoms with Gasteiger partial charge in [0.05, 0.1) is 19.3 Å². The lowest BCUT2D eigenvalue weighted by atomic mass is 9.84. The molecule has 0 aliphatic heterocycles. The van der Waals surface area contributed by atoms with E-state index in [1.54, 1.807) is 32.6 Å². The minimum absolute atomic E-state index is 0. The van der Waals surface area contributed by atoms with E-state index in [4.69, 9.17) is 9.47 Å². The molecule has 162 valence electrons. The van der Waals surface area contributed by atoms with Gasteiger partial charge in [0.25, 0.3) is 0 Å². The van der Waals surface area contributed by atoms with Crippen LogP contribution in [0.5, 0.6) is 5.75 Å². The molecular weight excluding hydrogens is 499 g/mol. The number of aliphatic imine (C=N–C) groups is 1. The molecule has 0 amide bonds. The van der Waals surface area contributed by atoms with Crippen molar-refractivity contribution in [2.75, 3.05) is 34.9 Å². The highest BCUT2D eigenvalue weighted by atomic mass is 127. The molecule has 2 aromatic rings. The number of hydrogen-bond donors (Lipinski definition) is 1. The summed E-state index contributed by atoms with van der Waals surface area (Å²) in [5.41, 5.74) is 2.21. The van der Waals surface area contributed by atoms with Gasteiger partial charge in [0.1, 0.15) is 16.9 Å². The zero-order valence-electron chi connectivity index (χ0n) is 18.4. The van der Waals surface area contributed by atoms with Crippen molar-refractivity contribution in [3.05, 3.63) is 45.9 Å². The average Bonchev–Trinajstić information content (AvgIpc) is 3.16. The Morgan fingerprint density at radius 1 is 1.28 bits per heavy atom. The molecule has 2 rings (SSSR count). The third kappa shape index (κ3) is 7.11. The SMILES string of the molecule is CN=C(NCC(C)(C)c1ccc(OC)cc1)N(C)Cc1csc(C(C)OC)n1.I. The second-order valence-corrected chi connectivity index (χ2v) is 8.31. The number of guanidine groups is 1. The van der Waals surface area contributed by atoms with Crippen LogP contribution >= 0.6 is 35.3 Å². The van der Waals surface area contributed by atoms with Gasteiger partial charge < -0.3 is 19.7 Å². The van der Waals surface area contributed by atoms with Crippen molar-refractivity contribution in [3.63, 3.8) is 0 Å². The van der Waals surface area contributed by atoms with Crippen LogP contribution in [0.15, 0.2) is 34.6 Å². The summed E-state index contributed by atoms with van der Waals surface area (Å²) in [4.78, 5) is 11.2. The van der Waals surface area contributed by atoms with Crippen LogP contribution in [0.4, 0.5) is 0 Å². The number of nitrogens with one attached hydrogen (secondary N) is 1. The van der Waals surface area contributed by atoms with Gasteiger partial charge in [-0.1, -0.05) is 26.0 Å². The van der Waals surface area contributed by atoms with E-state index in [0.29, 0.717) is 6.54 Å². The summed E-state index contributed by atoms with van der Waals surface area (Å²) in [5.74, 6) is 1.71. The van der Waals surface area contributed by atoms with Gasteiger partial charge in [0.15, 0.2) is 5.96 Å². The molecule has 1 unspecified atom stereocenters. The zero-order chi connectivity index (χ0) is 20.7. The predicted octanol–water partition coefficient (Wildman–Crippen LogP) is 4.46.